The van der Waals surface area contributed by atoms with Crippen molar-refractivity contribution in [3.63, 3.8) is 0 Å². The minimum absolute atomic E-state index is 0.155. The van der Waals surface area contributed by atoms with Crippen molar-refractivity contribution in [3.05, 3.63) is 70.3 Å². The zero-order valence-corrected chi connectivity index (χ0v) is 15.6. The molecule has 1 saturated carbocycles. The van der Waals surface area contributed by atoms with E-state index in [1.54, 1.807) is 42.6 Å². The molecule has 7 nitrogen and oxygen atoms in total. The lowest BCUT2D eigenvalue weighted by molar-refractivity contribution is 0.0946. The van der Waals surface area contributed by atoms with E-state index in [1.807, 2.05) is 0 Å². The number of aromatic amines is 1. The number of amides is 1. The third-order valence-corrected chi connectivity index (χ3v) is 5.15. The van der Waals surface area contributed by atoms with Gasteiger partial charge in [-0.05, 0) is 41.7 Å². The van der Waals surface area contributed by atoms with Gasteiger partial charge in [-0.2, -0.15) is 5.26 Å². The second kappa shape index (κ2) is 6.50. The highest BCUT2D eigenvalue weighted by molar-refractivity contribution is 5.94. The van der Waals surface area contributed by atoms with Crippen LogP contribution < -0.4 is 10.9 Å². The molecule has 140 valence electrons. The van der Waals surface area contributed by atoms with Gasteiger partial charge in [0.05, 0.1) is 22.8 Å². The molecule has 1 aromatic carbocycles. The van der Waals surface area contributed by atoms with E-state index >= 15 is 0 Å². The van der Waals surface area contributed by atoms with E-state index in [-0.39, 0.29) is 22.9 Å². The monoisotopic (exact) mass is 373 g/mol. The number of benzene rings is 1. The summed E-state index contributed by atoms with van der Waals surface area (Å²) < 4.78 is 1.32. The summed E-state index contributed by atoms with van der Waals surface area (Å²) in [6.45, 7) is 4.23. The Bertz CT molecular complexity index is 1130. The number of nitrogens with zero attached hydrogens (tertiary/aromatic N) is 3. The van der Waals surface area contributed by atoms with E-state index in [2.05, 4.69) is 35.3 Å². The van der Waals surface area contributed by atoms with E-state index < -0.39 is 0 Å². The molecular formula is C21H19N5O2. The largest absolute Gasteiger partial charge is 0.349 e. The fourth-order valence-electron chi connectivity index (χ4n) is 3.08. The maximum Gasteiger partial charge on any atom is 0.280 e. The minimum atomic E-state index is -0.255. The van der Waals surface area contributed by atoms with E-state index in [9.17, 15) is 9.59 Å². The van der Waals surface area contributed by atoms with Gasteiger partial charge < -0.3 is 5.32 Å². The van der Waals surface area contributed by atoms with E-state index in [1.165, 1.54) is 10.9 Å². The van der Waals surface area contributed by atoms with E-state index in [0.717, 1.165) is 6.42 Å². The maximum absolute atomic E-state index is 12.7. The first-order chi connectivity index (χ1) is 13.4. The predicted molar refractivity (Wildman–Crippen MR) is 104 cm³/mol. The molecule has 1 fully saturated rings. The van der Waals surface area contributed by atoms with Crippen molar-refractivity contribution in [2.75, 3.05) is 0 Å². The van der Waals surface area contributed by atoms with Crippen LogP contribution in [0.25, 0.3) is 16.9 Å². The molecule has 28 heavy (non-hydrogen) atoms. The molecule has 1 aliphatic carbocycles. The van der Waals surface area contributed by atoms with Crippen LogP contribution in [0.4, 0.5) is 0 Å². The molecule has 0 spiro atoms. The van der Waals surface area contributed by atoms with E-state index in [4.69, 9.17) is 5.26 Å². The highest BCUT2D eigenvalue weighted by Crippen LogP contribution is 2.44. The molecule has 1 unspecified atom stereocenters. The highest BCUT2D eigenvalue weighted by atomic mass is 16.2. The average molecular weight is 373 g/mol. The summed E-state index contributed by atoms with van der Waals surface area (Å²) in [5.41, 5.74) is 2.07. The Morgan fingerprint density at radius 1 is 1.29 bits per heavy atom. The van der Waals surface area contributed by atoms with Crippen molar-refractivity contribution in [2.24, 2.45) is 5.41 Å². The molecule has 0 aliphatic heterocycles. The quantitative estimate of drug-likeness (QED) is 0.733. The van der Waals surface area contributed by atoms with Crippen molar-refractivity contribution in [3.8, 4) is 23.0 Å². The summed E-state index contributed by atoms with van der Waals surface area (Å²) in [5, 5.41) is 14.8. The van der Waals surface area contributed by atoms with Crippen LogP contribution in [0.2, 0.25) is 0 Å². The van der Waals surface area contributed by atoms with Crippen molar-refractivity contribution in [2.45, 2.75) is 26.3 Å². The first-order valence-electron chi connectivity index (χ1n) is 8.97. The Morgan fingerprint density at radius 2 is 2.00 bits per heavy atom. The highest BCUT2D eigenvalue weighted by Gasteiger charge is 2.46. The number of hydrogen-bond donors (Lipinski definition) is 2. The number of pyridine rings is 1. The Labute approximate surface area is 161 Å². The van der Waals surface area contributed by atoms with Crippen molar-refractivity contribution >= 4 is 5.91 Å². The fraction of sp³-hybridized carbons (Fsp3) is 0.238. The second-order valence-electron chi connectivity index (χ2n) is 7.64. The van der Waals surface area contributed by atoms with E-state index in [0.29, 0.717) is 28.1 Å². The number of carbonyl (C=O) groups is 1. The topological polar surface area (TPSA) is 104 Å². The Balaban J connectivity index is 1.55. The molecule has 3 aromatic rings. The molecule has 0 saturated heterocycles. The maximum atomic E-state index is 12.7. The summed E-state index contributed by atoms with van der Waals surface area (Å²) >= 11 is 0. The van der Waals surface area contributed by atoms with Crippen LogP contribution in [0, 0.1) is 16.7 Å². The summed E-state index contributed by atoms with van der Waals surface area (Å²) in [6, 6.07) is 12.3. The lowest BCUT2D eigenvalue weighted by Crippen LogP contribution is -2.28. The van der Waals surface area contributed by atoms with Crippen LogP contribution in [0.1, 0.15) is 36.2 Å². The number of rotatable bonds is 4. The smallest absolute Gasteiger partial charge is 0.280 e. The molecule has 1 aliphatic rings. The number of hydrogen-bond acceptors (Lipinski definition) is 4. The standard InChI is InChI=1S/C21H19N5O2/c1-21(2)9-17(21)25-19(27)15-7-8-18(23-11-15)26-20(28)16(12-24-26)14-5-3-13(10-22)4-6-14/h3-8,11-12,17,24H,9H2,1-2H3,(H,25,27). The number of nitrogens with one attached hydrogen (secondary N) is 2. The lowest BCUT2D eigenvalue weighted by atomic mass is 10.1. The van der Waals surface area contributed by atoms with Crippen LogP contribution in [0.3, 0.4) is 0 Å². The molecule has 1 atom stereocenters. The SMILES string of the molecule is CC1(C)CC1NC(=O)c1ccc(-n2[nH]cc(-c3ccc(C#N)cc3)c2=O)nc1. The summed E-state index contributed by atoms with van der Waals surface area (Å²) in [5.74, 6) is 0.236. The molecule has 0 radical (unpaired) electrons. The first kappa shape index (κ1) is 17.7. The van der Waals surface area contributed by atoms with Crippen LogP contribution >= 0.6 is 0 Å². The normalized spacial score (nSPS) is 17.0. The molecule has 4 rings (SSSR count). The minimum Gasteiger partial charge on any atom is -0.349 e. The molecule has 1 amide bonds. The van der Waals surface area contributed by atoms with Crippen molar-refractivity contribution < 1.29 is 4.79 Å². The third-order valence-electron chi connectivity index (χ3n) is 5.15. The van der Waals surface area contributed by atoms with Gasteiger partial charge in [0.2, 0.25) is 0 Å². The second-order valence-corrected chi connectivity index (χ2v) is 7.64. The number of aromatic nitrogens is 3. The average Bonchev–Trinajstić information content (AvgIpc) is 3.11. The fourth-order valence-corrected chi connectivity index (χ4v) is 3.08. The lowest BCUT2D eigenvalue weighted by Gasteiger charge is -2.07. The Hall–Kier alpha value is -3.66. The Kier molecular flexibility index (Phi) is 4.12. The van der Waals surface area contributed by atoms with Gasteiger partial charge in [0, 0.05) is 18.4 Å². The number of nitriles is 1. The molecular weight excluding hydrogens is 354 g/mol. The Morgan fingerprint density at radius 3 is 2.57 bits per heavy atom. The molecule has 0 bridgehead atoms. The van der Waals surface area contributed by atoms with Crippen molar-refractivity contribution in [1.82, 2.24) is 20.1 Å². The van der Waals surface area contributed by atoms with Gasteiger partial charge in [-0.25, -0.2) is 9.67 Å². The predicted octanol–water partition coefficient (Wildman–Crippen LogP) is 2.63. The number of carbonyl (C=O) groups excluding carboxylic acids is 1. The van der Waals surface area contributed by atoms with Gasteiger partial charge in [0.15, 0.2) is 5.82 Å². The van der Waals surface area contributed by atoms with Gasteiger partial charge in [-0.15, -0.1) is 0 Å². The first-order valence-corrected chi connectivity index (χ1v) is 8.97. The van der Waals surface area contributed by atoms with Gasteiger partial charge >= 0.3 is 0 Å². The van der Waals surface area contributed by atoms with Crippen LogP contribution in [0.15, 0.2) is 53.6 Å². The third kappa shape index (κ3) is 3.21. The van der Waals surface area contributed by atoms with Gasteiger partial charge in [-0.1, -0.05) is 26.0 Å². The zero-order valence-electron chi connectivity index (χ0n) is 15.6. The summed E-state index contributed by atoms with van der Waals surface area (Å²) in [7, 11) is 0. The van der Waals surface area contributed by atoms with Crippen LogP contribution in [-0.4, -0.2) is 26.7 Å². The van der Waals surface area contributed by atoms with Gasteiger partial charge in [0.1, 0.15) is 0 Å². The summed E-state index contributed by atoms with van der Waals surface area (Å²) in [6.07, 6.45) is 4.04. The van der Waals surface area contributed by atoms with Gasteiger partial charge in [0.25, 0.3) is 11.5 Å². The van der Waals surface area contributed by atoms with Crippen LogP contribution in [-0.2, 0) is 0 Å². The molecule has 2 N–H and O–H groups in total. The van der Waals surface area contributed by atoms with Gasteiger partial charge in [-0.3, -0.25) is 14.7 Å². The molecule has 7 heteroatoms. The molecule has 2 heterocycles. The number of H-pyrrole nitrogens is 1. The van der Waals surface area contributed by atoms with Crippen LogP contribution in [0.5, 0.6) is 0 Å². The summed E-state index contributed by atoms with van der Waals surface area (Å²) in [4.78, 5) is 29.3. The molecule has 2 aromatic heterocycles. The zero-order chi connectivity index (χ0) is 19.9. The van der Waals surface area contributed by atoms with Crippen molar-refractivity contribution in [1.29, 1.82) is 5.26 Å².